The molecule has 9 rings (SSSR count). The number of carbonyl (C=O) groups excluding carboxylic acids is 1. The average Bonchev–Trinajstić information content (AvgIpc) is 4.10. The molecule has 18 heteroatoms. The molecule has 360 valence electrons. The van der Waals surface area contributed by atoms with Gasteiger partial charge in [-0.2, -0.15) is 5.26 Å². The highest BCUT2D eigenvalue weighted by molar-refractivity contribution is 7.93. The molecule has 3 aliphatic rings. The lowest BCUT2D eigenvalue weighted by Gasteiger charge is -2.63. The van der Waals surface area contributed by atoms with Crippen LogP contribution in [-0.2, 0) is 21.8 Å². The minimum atomic E-state index is -3.52. The summed E-state index contributed by atoms with van der Waals surface area (Å²) in [6, 6.07) is 21.3. The van der Waals surface area contributed by atoms with Gasteiger partial charge in [-0.25, -0.2) is 18.4 Å². The van der Waals surface area contributed by atoms with Crippen molar-refractivity contribution in [1.82, 2.24) is 24.8 Å². The third-order valence-corrected chi connectivity index (χ3v) is 16.2. The Morgan fingerprint density at radius 3 is 2.36 bits per heavy atom. The minimum Gasteiger partial charge on any atom is -0.491 e. The van der Waals surface area contributed by atoms with Crippen molar-refractivity contribution in [1.29, 1.82) is 5.26 Å². The van der Waals surface area contributed by atoms with Gasteiger partial charge in [-0.05, 0) is 74.2 Å². The van der Waals surface area contributed by atoms with E-state index in [0.717, 1.165) is 12.8 Å². The lowest BCUT2D eigenvalue weighted by molar-refractivity contribution is -0.164. The van der Waals surface area contributed by atoms with Crippen molar-refractivity contribution in [3.63, 3.8) is 0 Å². The predicted molar refractivity (Wildman–Crippen MR) is 264 cm³/mol. The zero-order valence-electron chi connectivity index (χ0n) is 39.4. The Kier molecular flexibility index (Phi) is 12.9. The van der Waals surface area contributed by atoms with Crippen LogP contribution < -0.4 is 34.3 Å². The Labute approximate surface area is 406 Å². The second-order valence-electron chi connectivity index (χ2n) is 19.2. The molecule has 2 saturated carbocycles. The Morgan fingerprint density at radius 1 is 0.942 bits per heavy atom. The smallest absolute Gasteiger partial charge is 0.274 e. The van der Waals surface area contributed by atoms with E-state index in [1.165, 1.54) is 8.87 Å². The van der Waals surface area contributed by atoms with Crippen LogP contribution in [0.5, 0.6) is 23.0 Å². The van der Waals surface area contributed by atoms with E-state index in [2.05, 4.69) is 58.9 Å². The topological polar surface area (TPSA) is 194 Å². The minimum absolute atomic E-state index is 0.0316. The number of hydrogen-bond acceptors (Lipinski definition) is 12. The molecule has 0 bridgehead atoms. The molecule has 3 aromatic heterocycles. The van der Waals surface area contributed by atoms with Gasteiger partial charge in [0.15, 0.2) is 0 Å². The van der Waals surface area contributed by atoms with Gasteiger partial charge in [0.25, 0.3) is 11.5 Å². The molecule has 0 unspecified atom stereocenters. The van der Waals surface area contributed by atoms with Crippen molar-refractivity contribution >= 4 is 50.1 Å². The molecular formula is C51H55ClN8O8S. The number of benzene rings is 3. The van der Waals surface area contributed by atoms with Crippen LogP contribution in [-0.4, -0.2) is 90.7 Å². The van der Waals surface area contributed by atoms with Gasteiger partial charge in [0.05, 0.1) is 39.8 Å². The number of aromatic nitrogens is 4. The van der Waals surface area contributed by atoms with Crippen LogP contribution in [0.3, 0.4) is 0 Å². The standard InChI is InChI=1S/C51H55ClN8O8S/c1-50(2)47(51(3,4)48(50)68-37-12-10-31(27-53)42(52)26-37)57-45(61)32-28-55-49(56-29-32)60-20-17-34(18-21-60)65-22-23-66-35-8-7-9-36(25-35)67-43-15-11-33(59(6)69(63,64)38-13-14-38)24-40(43)41-30-58(5)46(62)44-39(41)16-19-54-44/h7-12,15-16,19,24-26,28-30,34,38,47-48,54H,13-14,17-18,20-23H2,1-6H3,(H,57,61). The second-order valence-corrected chi connectivity index (χ2v) is 21.8. The highest BCUT2D eigenvalue weighted by Gasteiger charge is 2.64. The summed E-state index contributed by atoms with van der Waals surface area (Å²) >= 11 is 6.25. The SMILES string of the molecule is CN(c1ccc(Oc2cccc(OCCOC3CCN(c4ncc(C(=O)NC5C(C)(C)C(Oc6ccc(C#N)c(Cl)c6)C5(C)C)cn4)CC3)c2)c(-c2cn(C)c(=O)c3[nH]ccc23)c1)S(=O)(=O)C1CC1. The molecule has 1 amide bonds. The number of hydrogen-bond donors (Lipinski definition) is 2. The van der Waals surface area contributed by atoms with Crippen molar-refractivity contribution in [3.05, 3.63) is 118 Å². The number of ether oxygens (including phenoxy) is 4. The average molecular weight is 976 g/mol. The maximum atomic E-state index is 13.5. The summed E-state index contributed by atoms with van der Waals surface area (Å²) in [7, 11) is -0.275. The quantitative estimate of drug-likeness (QED) is 0.0884. The van der Waals surface area contributed by atoms with Crippen LogP contribution in [0.25, 0.3) is 22.0 Å². The van der Waals surface area contributed by atoms with Gasteiger partial charge >= 0.3 is 0 Å². The maximum absolute atomic E-state index is 13.5. The monoisotopic (exact) mass is 974 g/mol. The summed E-state index contributed by atoms with van der Waals surface area (Å²) in [5, 5.41) is 13.1. The first-order valence-electron chi connectivity index (χ1n) is 23.0. The van der Waals surface area contributed by atoms with E-state index in [1.807, 2.05) is 24.3 Å². The van der Waals surface area contributed by atoms with E-state index < -0.39 is 20.9 Å². The number of nitriles is 1. The van der Waals surface area contributed by atoms with Gasteiger partial charge in [0.2, 0.25) is 16.0 Å². The molecule has 0 radical (unpaired) electrons. The normalized spacial score (nSPS) is 18.8. The Hall–Kier alpha value is -6.61. The first-order valence-corrected chi connectivity index (χ1v) is 24.9. The van der Waals surface area contributed by atoms with Crippen LogP contribution in [0, 0.1) is 22.2 Å². The van der Waals surface area contributed by atoms with Gasteiger partial charge in [0, 0.05) is 97.5 Å². The Balaban J connectivity index is 0.762. The highest BCUT2D eigenvalue weighted by atomic mass is 35.5. The fourth-order valence-corrected chi connectivity index (χ4v) is 11.8. The number of nitrogens with zero attached hydrogens (tertiary/aromatic N) is 6. The van der Waals surface area contributed by atoms with Gasteiger partial charge in [-0.15, -0.1) is 0 Å². The molecule has 2 aliphatic carbocycles. The summed E-state index contributed by atoms with van der Waals surface area (Å²) in [5.74, 6) is 2.44. The molecule has 0 spiro atoms. The largest absolute Gasteiger partial charge is 0.491 e. The van der Waals surface area contributed by atoms with Crippen molar-refractivity contribution < 1.29 is 32.2 Å². The number of carbonyl (C=O) groups is 1. The summed E-state index contributed by atoms with van der Waals surface area (Å²) < 4.78 is 54.4. The van der Waals surface area contributed by atoms with E-state index in [4.69, 9.17) is 30.5 Å². The fourth-order valence-electron chi connectivity index (χ4n) is 10.00. The van der Waals surface area contributed by atoms with Crippen molar-refractivity contribution in [2.24, 2.45) is 17.9 Å². The summed E-state index contributed by atoms with van der Waals surface area (Å²) in [6.07, 6.45) is 9.21. The van der Waals surface area contributed by atoms with Crippen LogP contribution in [0.4, 0.5) is 11.6 Å². The van der Waals surface area contributed by atoms with Gasteiger partial charge in [0.1, 0.15) is 47.3 Å². The zero-order valence-corrected chi connectivity index (χ0v) is 40.9. The molecule has 0 atom stereocenters. The van der Waals surface area contributed by atoms with E-state index in [1.54, 1.807) is 81.3 Å². The number of nitrogens with one attached hydrogen (secondary N) is 2. The molecule has 3 aromatic carbocycles. The van der Waals surface area contributed by atoms with Crippen LogP contribution in [0.1, 0.15) is 69.3 Å². The third-order valence-electron chi connectivity index (χ3n) is 13.6. The van der Waals surface area contributed by atoms with Crippen molar-refractivity contribution in [2.45, 2.75) is 76.9 Å². The van der Waals surface area contributed by atoms with Crippen LogP contribution in [0.15, 0.2) is 96.3 Å². The molecule has 16 nitrogen and oxygen atoms in total. The summed E-state index contributed by atoms with van der Waals surface area (Å²) in [5.41, 5.74) is 2.00. The van der Waals surface area contributed by atoms with E-state index in [9.17, 15) is 23.3 Å². The Bertz CT molecular complexity index is 3100. The number of amides is 1. The molecule has 3 fully saturated rings. The van der Waals surface area contributed by atoms with Crippen molar-refractivity contribution in [3.8, 4) is 40.2 Å². The molecule has 2 N–H and O–H groups in total. The molecule has 1 aliphatic heterocycles. The van der Waals surface area contributed by atoms with E-state index >= 15 is 0 Å². The first-order chi connectivity index (χ1) is 32.9. The lowest BCUT2D eigenvalue weighted by Crippen LogP contribution is -2.74. The van der Waals surface area contributed by atoms with E-state index in [-0.39, 0.29) is 35.0 Å². The fraction of sp³-hybridized carbons (Fsp3) is 0.392. The number of aryl methyl sites for hydroxylation is 1. The number of rotatable bonds is 16. The molecule has 1 saturated heterocycles. The number of fused-ring (bicyclic) bond motifs is 1. The van der Waals surface area contributed by atoms with Crippen LogP contribution >= 0.6 is 11.6 Å². The number of pyridine rings is 1. The number of sulfonamides is 1. The summed E-state index contributed by atoms with van der Waals surface area (Å²) in [4.78, 5) is 40.7. The molecule has 6 aromatic rings. The summed E-state index contributed by atoms with van der Waals surface area (Å²) in [6.45, 7) is 10.3. The number of halogens is 1. The number of aromatic amines is 1. The van der Waals surface area contributed by atoms with Gasteiger partial charge in [-0.3, -0.25) is 13.9 Å². The molecule has 4 heterocycles. The van der Waals surface area contributed by atoms with Crippen LogP contribution in [0.2, 0.25) is 5.02 Å². The zero-order chi connectivity index (χ0) is 48.8. The Morgan fingerprint density at radius 2 is 1.67 bits per heavy atom. The highest BCUT2D eigenvalue weighted by Crippen LogP contribution is 2.55. The molecular weight excluding hydrogens is 920 g/mol. The number of H-pyrrole nitrogens is 1. The van der Waals surface area contributed by atoms with Gasteiger partial charge in [-0.1, -0.05) is 45.4 Å². The third kappa shape index (κ3) is 9.45. The molecule has 69 heavy (non-hydrogen) atoms. The van der Waals surface area contributed by atoms with Gasteiger partial charge < -0.3 is 38.7 Å². The lowest BCUT2D eigenvalue weighted by atomic mass is 9.49. The van der Waals surface area contributed by atoms with E-state index in [0.29, 0.717) is 112 Å². The predicted octanol–water partition coefficient (Wildman–Crippen LogP) is 8.25. The maximum Gasteiger partial charge on any atom is 0.274 e. The number of piperidine rings is 1. The number of anilines is 2. The second kappa shape index (κ2) is 18.7. The first kappa shape index (κ1) is 47.5. The van der Waals surface area contributed by atoms with Crippen molar-refractivity contribution in [2.75, 3.05) is 42.6 Å².